The molecule has 8 heteroatoms. The first-order chi connectivity index (χ1) is 14.0. The van der Waals surface area contributed by atoms with E-state index in [1.807, 2.05) is 12.1 Å². The van der Waals surface area contributed by atoms with Gasteiger partial charge in [-0.15, -0.1) is 0 Å². The van der Waals surface area contributed by atoms with E-state index in [-0.39, 0.29) is 18.4 Å². The van der Waals surface area contributed by atoms with Crippen LogP contribution in [0.3, 0.4) is 0 Å². The zero-order valence-corrected chi connectivity index (χ0v) is 17.6. The lowest BCUT2D eigenvalue weighted by Crippen LogP contribution is -2.39. The average Bonchev–Trinajstić information content (AvgIpc) is 2.98. The van der Waals surface area contributed by atoms with Crippen LogP contribution >= 0.6 is 23.2 Å². The molecule has 1 heterocycles. The van der Waals surface area contributed by atoms with Gasteiger partial charge < -0.3 is 19.3 Å². The maximum atomic E-state index is 12.9. The lowest BCUT2D eigenvalue weighted by molar-refractivity contribution is -0.133. The van der Waals surface area contributed by atoms with Crippen molar-refractivity contribution in [1.29, 1.82) is 0 Å². The number of amides is 2. The van der Waals surface area contributed by atoms with Crippen LogP contribution in [-0.4, -0.2) is 61.5 Å². The molecule has 1 aliphatic heterocycles. The van der Waals surface area contributed by atoms with Gasteiger partial charge in [0.25, 0.3) is 11.8 Å². The van der Waals surface area contributed by atoms with Gasteiger partial charge in [-0.3, -0.25) is 9.59 Å². The van der Waals surface area contributed by atoms with E-state index in [4.69, 9.17) is 32.7 Å². The summed E-state index contributed by atoms with van der Waals surface area (Å²) < 4.78 is 10.8. The van der Waals surface area contributed by atoms with Crippen molar-refractivity contribution in [2.75, 3.05) is 39.9 Å². The Labute approximate surface area is 179 Å². The van der Waals surface area contributed by atoms with Crippen LogP contribution in [0, 0.1) is 0 Å². The Kier molecular flexibility index (Phi) is 7.23. The van der Waals surface area contributed by atoms with Crippen LogP contribution in [0.1, 0.15) is 16.8 Å². The molecule has 0 atom stereocenters. The molecule has 2 aromatic carbocycles. The molecule has 0 aliphatic carbocycles. The van der Waals surface area contributed by atoms with Crippen molar-refractivity contribution >= 4 is 35.0 Å². The first-order valence-corrected chi connectivity index (χ1v) is 10.0. The molecular formula is C21H22Cl2N2O4. The Balaban J connectivity index is 1.57. The van der Waals surface area contributed by atoms with E-state index in [1.165, 1.54) is 0 Å². The molecule has 0 N–H and O–H groups in total. The molecular weight excluding hydrogens is 415 g/mol. The van der Waals surface area contributed by atoms with Crippen molar-refractivity contribution < 1.29 is 19.1 Å². The van der Waals surface area contributed by atoms with Gasteiger partial charge in [0.05, 0.1) is 17.7 Å². The highest BCUT2D eigenvalue weighted by Crippen LogP contribution is 2.27. The smallest absolute Gasteiger partial charge is 0.260 e. The quantitative estimate of drug-likeness (QED) is 0.715. The summed E-state index contributed by atoms with van der Waals surface area (Å²) in [5, 5.41) is 0.857. The molecule has 2 aromatic rings. The topological polar surface area (TPSA) is 59.1 Å². The number of carbonyl (C=O) groups is 2. The van der Waals surface area contributed by atoms with Crippen molar-refractivity contribution in [1.82, 2.24) is 9.80 Å². The van der Waals surface area contributed by atoms with Gasteiger partial charge in [-0.25, -0.2) is 0 Å². The summed E-state index contributed by atoms with van der Waals surface area (Å²) in [7, 11) is 1.54. The number of carbonyl (C=O) groups excluding carboxylic acids is 2. The molecule has 1 saturated heterocycles. The highest BCUT2D eigenvalue weighted by atomic mass is 35.5. The number of benzene rings is 2. The number of methoxy groups -OCH3 is 1. The molecule has 0 radical (unpaired) electrons. The van der Waals surface area contributed by atoms with Gasteiger partial charge in [0.1, 0.15) is 11.5 Å². The van der Waals surface area contributed by atoms with Crippen LogP contribution in [0.4, 0.5) is 0 Å². The Morgan fingerprint density at radius 1 is 0.966 bits per heavy atom. The number of halogens is 2. The molecule has 2 amide bonds. The van der Waals surface area contributed by atoms with Crippen molar-refractivity contribution in [3.8, 4) is 11.5 Å². The fraction of sp³-hybridized carbons (Fsp3) is 0.333. The Morgan fingerprint density at radius 3 is 2.45 bits per heavy atom. The molecule has 0 bridgehead atoms. The molecule has 6 nitrogen and oxygen atoms in total. The third-order valence-corrected chi connectivity index (χ3v) is 5.25. The molecule has 3 rings (SSSR count). The van der Waals surface area contributed by atoms with E-state index in [0.717, 1.165) is 0 Å². The highest BCUT2D eigenvalue weighted by molar-refractivity contribution is 6.35. The molecule has 1 fully saturated rings. The number of ether oxygens (including phenoxy) is 2. The van der Waals surface area contributed by atoms with Gasteiger partial charge in [-0.1, -0.05) is 35.3 Å². The summed E-state index contributed by atoms with van der Waals surface area (Å²) >= 11 is 11.9. The Bertz CT molecular complexity index is 891. The van der Waals surface area contributed by atoms with E-state index >= 15 is 0 Å². The van der Waals surface area contributed by atoms with Crippen molar-refractivity contribution in [3.05, 3.63) is 58.1 Å². The maximum absolute atomic E-state index is 12.9. The zero-order chi connectivity index (χ0) is 20.8. The van der Waals surface area contributed by atoms with Gasteiger partial charge in [-0.05, 0) is 36.8 Å². The maximum Gasteiger partial charge on any atom is 0.260 e. The van der Waals surface area contributed by atoms with E-state index in [9.17, 15) is 9.59 Å². The Hall–Kier alpha value is -2.44. The molecule has 0 unspecified atom stereocenters. The van der Waals surface area contributed by atoms with Crippen LogP contribution in [0.2, 0.25) is 10.0 Å². The van der Waals surface area contributed by atoms with Gasteiger partial charge in [0.2, 0.25) is 0 Å². The lowest BCUT2D eigenvalue weighted by Gasteiger charge is -2.23. The standard InChI is InChI=1S/C21H22Cl2N2O4/c1-28-18-6-3-2-5-16(18)21(27)25-10-4-9-24(11-12-25)20(26)14-29-19-8-7-15(22)13-17(19)23/h2-3,5-8,13H,4,9-12,14H2,1H3. The van der Waals surface area contributed by atoms with Crippen LogP contribution in [0.5, 0.6) is 11.5 Å². The summed E-state index contributed by atoms with van der Waals surface area (Å²) in [6.07, 6.45) is 0.689. The van der Waals surface area contributed by atoms with Gasteiger partial charge in [0, 0.05) is 31.2 Å². The van der Waals surface area contributed by atoms with E-state index in [2.05, 4.69) is 0 Å². The van der Waals surface area contributed by atoms with Crippen LogP contribution in [0.25, 0.3) is 0 Å². The van der Waals surface area contributed by atoms with Gasteiger partial charge >= 0.3 is 0 Å². The zero-order valence-electron chi connectivity index (χ0n) is 16.1. The number of rotatable bonds is 5. The molecule has 0 spiro atoms. The summed E-state index contributed by atoms with van der Waals surface area (Å²) in [5.41, 5.74) is 0.524. The summed E-state index contributed by atoms with van der Waals surface area (Å²) in [6, 6.07) is 12.0. The molecule has 0 saturated carbocycles. The van der Waals surface area contributed by atoms with Crippen molar-refractivity contribution in [2.24, 2.45) is 0 Å². The van der Waals surface area contributed by atoms with Crippen molar-refractivity contribution in [3.63, 3.8) is 0 Å². The minimum atomic E-state index is -0.150. The Morgan fingerprint density at radius 2 is 1.69 bits per heavy atom. The van der Waals surface area contributed by atoms with Gasteiger partial charge in [0.15, 0.2) is 6.61 Å². The van der Waals surface area contributed by atoms with Crippen LogP contribution < -0.4 is 9.47 Å². The summed E-state index contributed by atoms with van der Waals surface area (Å²) in [5.74, 6) is 0.707. The fourth-order valence-corrected chi connectivity index (χ4v) is 3.65. The molecule has 29 heavy (non-hydrogen) atoms. The minimum absolute atomic E-state index is 0.0963. The normalized spacial score (nSPS) is 14.3. The predicted molar refractivity (Wildman–Crippen MR) is 112 cm³/mol. The minimum Gasteiger partial charge on any atom is -0.496 e. The molecule has 0 aromatic heterocycles. The number of para-hydroxylation sites is 1. The third-order valence-electron chi connectivity index (χ3n) is 4.72. The summed E-state index contributed by atoms with van der Waals surface area (Å²) in [6.45, 7) is 1.90. The van der Waals surface area contributed by atoms with Crippen LogP contribution in [0.15, 0.2) is 42.5 Å². The summed E-state index contributed by atoms with van der Waals surface area (Å²) in [4.78, 5) is 28.9. The SMILES string of the molecule is COc1ccccc1C(=O)N1CCCN(C(=O)COc2ccc(Cl)cc2Cl)CC1. The highest BCUT2D eigenvalue weighted by Gasteiger charge is 2.24. The predicted octanol–water partition coefficient (Wildman–Crippen LogP) is 3.76. The third kappa shape index (κ3) is 5.34. The monoisotopic (exact) mass is 436 g/mol. The number of hydrogen-bond donors (Lipinski definition) is 0. The first-order valence-electron chi connectivity index (χ1n) is 9.27. The second-order valence-corrected chi connectivity index (χ2v) is 7.43. The average molecular weight is 437 g/mol. The van der Waals surface area contributed by atoms with E-state index in [1.54, 1.807) is 47.2 Å². The van der Waals surface area contributed by atoms with E-state index in [0.29, 0.717) is 59.7 Å². The lowest BCUT2D eigenvalue weighted by atomic mass is 10.1. The van der Waals surface area contributed by atoms with E-state index < -0.39 is 0 Å². The molecule has 154 valence electrons. The number of hydrogen-bond acceptors (Lipinski definition) is 4. The van der Waals surface area contributed by atoms with Gasteiger partial charge in [-0.2, -0.15) is 0 Å². The van der Waals surface area contributed by atoms with Crippen LogP contribution in [-0.2, 0) is 4.79 Å². The largest absolute Gasteiger partial charge is 0.496 e. The fourth-order valence-electron chi connectivity index (χ4n) is 3.18. The first kappa shape index (κ1) is 21.3. The molecule has 1 aliphatic rings. The second kappa shape index (κ2) is 9.85. The second-order valence-electron chi connectivity index (χ2n) is 6.59. The van der Waals surface area contributed by atoms with Crippen molar-refractivity contribution in [2.45, 2.75) is 6.42 Å². The number of nitrogens with zero attached hydrogens (tertiary/aromatic N) is 2.